The molecule has 4 nitrogen and oxygen atoms in total. The summed E-state index contributed by atoms with van der Waals surface area (Å²) in [5.41, 5.74) is 0.419. The Labute approximate surface area is 124 Å². The number of amides is 2. The molecule has 0 spiro atoms. The highest BCUT2D eigenvalue weighted by atomic mass is 79.9. The van der Waals surface area contributed by atoms with Gasteiger partial charge in [-0.3, -0.25) is 14.5 Å². The van der Waals surface area contributed by atoms with Crippen LogP contribution >= 0.6 is 15.9 Å². The molecule has 0 aliphatic carbocycles. The summed E-state index contributed by atoms with van der Waals surface area (Å²) in [6, 6.07) is 3.16. The summed E-state index contributed by atoms with van der Waals surface area (Å²) in [6.07, 6.45) is 1.52. The van der Waals surface area contributed by atoms with Crippen molar-refractivity contribution in [1.82, 2.24) is 4.90 Å². The zero-order valence-electron chi connectivity index (χ0n) is 11.0. The van der Waals surface area contributed by atoms with E-state index in [1.54, 1.807) is 17.9 Å². The van der Waals surface area contributed by atoms with Crippen molar-refractivity contribution in [2.45, 2.75) is 31.8 Å². The number of piperazine rings is 1. The Morgan fingerprint density at radius 3 is 2.80 bits per heavy atom. The zero-order valence-corrected chi connectivity index (χ0v) is 12.6. The molecule has 0 bridgehead atoms. The van der Waals surface area contributed by atoms with Crippen LogP contribution < -0.4 is 4.90 Å². The van der Waals surface area contributed by atoms with Gasteiger partial charge in [-0.2, -0.15) is 0 Å². The van der Waals surface area contributed by atoms with Gasteiger partial charge in [0.05, 0.1) is 5.69 Å². The van der Waals surface area contributed by atoms with E-state index in [1.807, 2.05) is 0 Å². The first-order valence-electron chi connectivity index (χ1n) is 6.59. The molecular formula is C14H14BrFN2O2. The Morgan fingerprint density at radius 2 is 2.05 bits per heavy atom. The molecule has 2 unspecified atom stereocenters. The number of nitrogens with zero attached hydrogens (tertiary/aromatic N) is 2. The van der Waals surface area contributed by atoms with Gasteiger partial charge in [-0.05, 0) is 53.9 Å². The average molecular weight is 341 g/mol. The first-order valence-corrected chi connectivity index (χ1v) is 7.38. The summed E-state index contributed by atoms with van der Waals surface area (Å²) < 4.78 is 14.1. The van der Waals surface area contributed by atoms with Crippen molar-refractivity contribution in [1.29, 1.82) is 0 Å². The maximum atomic E-state index is 13.5. The Morgan fingerprint density at radius 1 is 1.30 bits per heavy atom. The van der Waals surface area contributed by atoms with Gasteiger partial charge in [0.15, 0.2) is 0 Å². The normalized spacial score (nSPS) is 26.1. The molecule has 2 amide bonds. The molecule has 2 heterocycles. The smallest absolute Gasteiger partial charge is 0.250 e. The Kier molecular flexibility index (Phi) is 3.28. The fourth-order valence-corrected chi connectivity index (χ4v) is 3.42. The van der Waals surface area contributed by atoms with Crippen LogP contribution in [-0.2, 0) is 9.59 Å². The first kappa shape index (κ1) is 13.5. The number of fused-ring (bicyclic) bond motifs is 1. The quantitative estimate of drug-likeness (QED) is 0.787. The molecule has 2 atom stereocenters. The van der Waals surface area contributed by atoms with E-state index in [0.717, 1.165) is 6.42 Å². The van der Waals surface area contributed by atoms with Crippen LogP contribution in [0.2, 0.25) is 0 Å². The van der Waals surface area contributed by atoms with E-state index in [0.29, 0.717) is 23.1 Å². The second-order valence-corrected chi connectivity index (χ2v) is 6.02. The van der Waals surface area contributed by atoms with Gasteiger partial charge in [0.25, 0.3) is 5.91 Å². The third-order valence-electron chi connectivity index (χ3n) is 3.97. The van der Waals surface area contributed by atoms with Crippen LogP contribution in [0, 0.1) is 5.82 Å². The van der Waals surface area contributed by atoms with Crippen molar-refractivity contribution >= 4 is 33.4 Å². The van der Waals surface area contributed by atoms with Gasteiger partial charge in [0.1, 0.15) is 17.9 Å². The molecule has 6 heteroatoms. The van der Waals surface area contributed by atoms with Crippen molar-refractivity contribution in [3.63, 3.8) is 0 Å². The van der Waals surface area contributed by atoms with Gasteiger partial charge < -0.3 is 4.90 Å². The van der Waals surface area contributed by atoms with Crippen molar-refractivity contribution in [3.05, 3.63) is 28.5 Å². The molecule has 0 aromatic heterocycles. The summed E-state index contributed by atoms with van der Waals surface area (Å²) >= 11 is 3.33. The molecule has 1 aromatic carbocycles. The molecule has 0 radical (unpaired) electrons. The maximum absolute atomic E-state index is 13.5. The highest BCUT2D eigenvalue weighted by Gasteiger charge is 2.46. The minimum absolute atomic E-state index is 0.0664. The molecule has 3 rings (SSSR count). The number of carbonyl (C=O) groups is 2. The van der Waals surface area contributed by atoms with Crippen LogP contribution in [0.25, 0.3) is 0 Å². The fraction of sp³-hybridized carbons (Fsp3) is 0.429. The van der Waals surface area contributed by atoms with Gasteiger partial charge in [-0.25, -0.2) is 4.39 Å². The first-order chi connectivity index (χ1) is 9.50. The van der Waals surface area contributed by atoms with Gasteiger partial charge in [-0.15, -0.1) is 0 Å². The monoisotopic (exact) mass is 340 g/mol. The molecule has 0 N–H and O–H groups in total. The molecular weight excluding hydrogens is 327 g/mol. The molecule has 2 aliphatic rings. The summed E-state index contributed by atoms with van der Waals surface area (Å²) in [6.45, 7) is 2.32. The van der Waals surface area contributed by atoms with Crippen molar-refractivity contribution in [3.8, 4) is 0 Å². The van der Waals surface area contributed by atoms with E-state index in [-0.39, 0.29) is 11.8 Å². The Balaban J connectivity index is 2.05. The van der Waals surface area contributed by atoms with Crippen LogP contribution in [0.5, 0.6) is 0 Å². The highest BCUT2D eigenvalue weighted by Crippen LogP contribution is 2.34. The van der Waals surface area contributed by atoms with E-state index in [9.17, 15) is 14.0 Å². The number of rotatable bonds is 1. The number of hydrogen-bond acceptors (Lipinski definition) is 2. The minimum Gasteiger partial charge on any atom is -0.329 e. The van der Waals surface area contributed by atoms with Gasteiger partial charge in [0.2, 0.25) is 5.91 Å². The largest absolute Gasteiger partial charge is 0.329 e. The van der Waals surface area contributed by atoms with Crippen molar-refractivity contribution in [2.75, 3.05) is 11.4 Å². The summed E-state index contributed by atoms with van der Waals surface area (Å²) in [5, 5.41) is 0. The van der Waals surface area contributed by atoms with E-state index >= 15 is 0 Å². The summed E-state index contributed by atoms with van der Waals surface area (Å²) in [5.74, 6) is -0.617. The van der Waals surface area contributed by atoms with Crippen molar-refractivity contribution < 1.29 is 14.0 Å². The predicted octanol–water partition coefficient (Wildman–Crippen LogP) is 2.31. The second kappa shape index (κ2) is 4.84. The van der Waals surface area contributed by atoms with E-state index in [4.69, 9.17) is 0 Å². The van der Waals surface area contributed by atoms with Crippen LogP contribution in [0.4, 0.5) is 10.1 Å². The second-order valence-electron chi connectivity index (χ2n) is 5.17. The maximum Gasteiger partial charge on any atom is 0.250 e. The van der Waals surface area contributed by atoms with Gasteiger partial charge in [0, 0.05) is 11.0 Å². The Bertz CT molecular complexity index is 593. The molecule has 1 aromatic rings. The van der Waals surface area contributed by atoms with E-state index in [2.05, 4.69) is 15.9 Å². The van der Waals surface area contributed by atoms with Gasteiger partial charge >= 0.3 is 0 Å². The standard InChI is InChI=1S/C14H14BrFN2O2/c1-8-13(19)17-6-2-3-11(17)14(20)18(8)12-7-9(16)4-5-10(12)15/h4-5,7-8,11H,2-3,6H2,1H3. The minimum atomic E-state index is -0.602. The lowest BCUT2D eigenvalue weighted by Gasteiger charge is -2.41. The number of benzene rings is 1. The SMILES string of the molecule is CC1C(=O)N2CCCC2C(=O)N1c1cc(F)ccc1Br. The molecule has 2 saturated heterocycles. The molecule has 2 aliphatic heterocycles. The topological polar surface area (TPSA) is 40.6 Å². The number of halogens is 2. The number of anilines is 1. The van der Waals surface area contributed by atoms with Crippen LogP contribution in [0.15, 0.2) is 22.7 Å². The van der Waals surface area contributed by atoms with E-state index < -0.39 is 17.9 Å². The van der Waals surface area contributed by atoms with Crippen LogP contribution in [0.1, 0.15) is 19.8 Å². The predicted molar refractivity (Wildman–Crippen MR) is 75.8 cm³/mol. The molecule has 2 fully saturated rings. The highest BCUT2D eigenvalue weighted by molar-refractivity contribution is 9.10. The van der Waals surface area contributed by atoms with Crippen LogP contribution in [0.3, 0.4) is 0 Å². The lowest BCUT2D eigenvalue weighted by Crippen LogP contribution is -2.62. The summed E-state index contributed by atoms with van der Waals surface area (Å²) in [7, 11) is 0. The fourth-order valence-electron chi connectivity index (χ4n) is 2.99. The number of carbonyl (C=O) groups excluding carboxylic acids is 2. The van der Waals surface area contributed by atoms with Gasteiger partial charge in [-0.1, -0.05) is 0 Å². The molecule has 20 heavy (non-hydrogen) atoms. The zero-order chi connectivity index (χ0) is 14.4. The third-order valence-corrected chi connectivity index (χ3v) is 4.64. The van der Waals surface area contributed by atoms with Crippen molar-refractivity contribution in [2.24, 2.45) is 0 Å². The van der Waals surface area contributed by atoms with E-state index in [1.165, 1.54) is 17.0 Å². The lowest BCUT2D eigenvalue weighted by molar-refractivity contribution is -0.143. The average Bonchev–Trinajstić information content (AvgIpc) is 2.90. The molecule has 0 saturated carbocycles. The Hall–Kier alpha value is -1.43. The lowest BCUT2D eigenvalue weighted by atomic mass is 10.1. The number of hydrogen-bond donors (Lipinski definition) is 0. The summed E-state index contributed by atoms with van der Waals surface area (Å²) in [4.78, 5) is 28.0. The van der Waals surface area contributed by atoms with Crippen LogP contribution in [-0.4, -0.2) is 35.3 Å². The third kappa shape index (κ3) is 1.93. The molecule has 106 valence electrons.